The Balaban J connectivity index is 1.71. The third-order valence-corrected chi connectivity index (χ3v) is 6.10. The lowest BCUT2D eigenvalue weighted by Gasteiger charge is -2.29. The summed E-state index contributed by atoms with van der Waals surface area (Å²) in [6, 6.07) is 15.0. The van der Waals surface area contributed by atoms with Gasteiger partial charge >= 0.3 is 12.1 Å². The third kappa shape index (κ3) is 5.51. The number of hydrogen-bond donors (Lipinski definition) is 3. The molecule has 3 rings (SSSR count). The molecule has 0 spiro atoms. The zero-order chi connectivity index (χ0) is 24.0. The van der Waals surface area contributed by atoms with Crippen LogP contribution in [0.4, 0.5) is 4.79 Å². The van der Waals surface area contributed by atoms with Crippen LogP contribution in [0.3, 0.4) is 0 Å². The molecule has 2 aromatic rings. The molecule has 0 saturated heterocycles. The SMILES string of the molecule is CC[C@H](C)[C@H](NC(=O)OCC1c2ccccc2-c2ccccc21)C(=O)N(CCO)CC(=O)O. The van der Waals surface area contributed by atoms with Crippen molar-refractivity contribution < 1.29 is 29.3 Å². The summed E-state index contributed by atoms with van der Waals surface area (Å²) >= 11 is 0. The second-order valence-corrected chi connectivity index (χ2v) is 8.21. The van der Waals surface area contributed by atoms with E-state index in [0.29, 0.717) is 6.42 Å². The van der Waals surface area contributed by atoms with Gasteiger partial charge in [0, 0.05) is 12.5 Å². The van der Waals surface area contributed by atoms with Crippen molar-refractivity contribution in [3.63, 3.8) is 0 Å². The van der Waals surface area contributed by atoms with E-state index in [1.54, 1.807) is 6.92 Å². The summed E-state index contributed by atoms with van der Waals surface area (Å²) in [5.41, 5.74) is 4.39. The predicted octanol–water partition coefficient (Wildman–Crippen LogP) is 2.85. The van der Waals surface area contributed by atoms with Crippen molar-refractivity contribution in [2.45, 2.75) is 32.2 Å². The number of carboxylic acid groups (broad SMARTS) is 1. The van der Waals surface area contributed by atoms with Gasteiger partial charge in [0.05, 0.1) is 6.61 Å². The van der Waals surface area contributed by atoms with E-state index in [1.165, 1.54) is 0 Å². The Morgan fingerprint density at radius 1 is 1.06 bits per heavy atom. The number of fused-ring (bicyclic) bond motifs is 3. The number of hydrogen-bond acceptors (Lipinski definition) is 5. The first-order chi connectivity index (χ1) is 15.9. The van der Waals surface area contributed by atoms with Crippen LogP contribution in [0, 0.1) is 5.92 Å². The zero-order valence-corrected chi connectivity index (χ0v) is 18.9. The Kier molecular flexibility index (Phi) is 8.06. The fourth-order valence-corrected chi connectivity index (χ4v) is 4.20. The Morgan fingerprint density at radius 3 is 2.15 bits per heavy atom. The van der Waals surface area contributed by atoms with E-state index >= 15 is 0 Å². The molecule has 0 aromatic heterocycles. The summed E-state index contributed by atoms with van der Waals surface area (Å²) in [7, 11) is 0. The number of amides is 2. The third-order valence-electron chi connectivity index (χ3n) is 6.10. The van der Waals surface area contributed by atoms with E-state index in [4.69, 9.17) is 9.84 Å². The van der Waals surface area contributed by atoms with Gasteiger partial charge in [-0.2, -0.15) is 0 Å². The van der Waals surface area contributed by atoms with Crippen LogP contribution in [0.1, 0.15) is 37.3 Å². The summed E-state index contributed by atoms with van der Waals surface area (Å²) in [6.45, 7) is 2.71. The molecule has 2 aromatic carbocycles. The normalized spacial score (nSPS) is 14.0. The highest BCUT2D eigenvalue weighted by atomic mass is 16.5. The van der Waals surface area contributed by atoms with Gasteiger partial charge in [-0.15, -0.1) is 0 Å². The van der Waals surface area contributed by atoms with Crippen molar-refractivity contribution in [1.29, 1.82) is 0 Å². The minimum Gasteiger partial charge on any atom is -0.480 e. The summed E-state index contributed by atoms with van der Waals surface area (Å²) in [5.74, 6) is -2.12. The Labute approximate surface area is 193 Å². The number of rotatable bonds is 10. The molecule has 8 heteroatoms. The lowest BCUT2D eigenvalue weighted by Crippen LogP contribution is -2.53. The van der Waals surface area contributed by atoms with Gasteiger partial charge in [0.15, 0.2) is 0 Å². The Hall–Kier alpha value is -3.39. The molecule has 0 fully saturated rings. The number of nitrogens with one attached hydrogen (secondary N) is 1. The van der Waals surface area contributed by atoms with Crippen LogP contribution < -0.4 is 5.32 Å². The topological polar surface area (TPSA) is 116 Å². The molecule has 0 bridgehead atoms. The van der Waals surface area contributed by atoms with E-state index < -0.39 is 30.6 Å². The van der Waals surface area contributed by atoms with Crippen LogP contribution in [0.2, 0.25) is 0 Å². The number of ether oxygens (including phenoxy) is 1. The maximum absolute atomic E-state index is 13.0. The molecule has 1 aliphatic rings. The highest BCUT2D eigenvalue weighted by Crippen LogP contribution is 2.44. The number of aliphatic carboxylic acids is 1. The van der Waals surface area contributed by atoms with Crippen LogP contribution in [0.15, 0.2) is 48.5 Å². The van der Waals surface area contributed by atoms with E-state index in [9.17, 15) is 19.5 Å². The van der Waals surface area contributed by atoms with Gasteiger partial charge in [0.2, 0.25) is 5.91 Å². The highest BCUT2D eigenvalue weighted by Gasteiger charge is 2.33. The summed E-state index contributed by atoms with van der Waals surface area (Å²) in [4.78, 5) is 37.8. The first-order valence-corrected chi connectivity index (χ1v) is 11.1. The quantitative estimate of drug-likeness (QED) is 0.508. The minimum atomic E-state index is -1.19. The summed E-state index contributed by atoms with van der Waals surface area (Å²) < 4.78 is 5.55. The molecular formula is C25H30N2O6. The lowest BCUT2D eigenvalue weighted by molar-refractivity contribution is -0.146. The lowest BCUT2D eigenvalue weighted by atomic mass is 9.97. The molecule has 3 N–H and O–H groups in total. The number of aliphatic hydroxyl groups excluding tert-OH is 1. The monoisotopic (exact) mass is 454 g/mol. The molecule has 176 valence electrons. The van der Waals surface area contributed by atoms with E-state index in [2.05, 4.69) is 5.32 Å². The number of alkyl carbamates (subject to hydrolysis) is 1. The molecule has 0 heterocycles. The number of nitrogens with zero attached hydrogens (tertiary/aromatic N) is 1. The maximum atomic E-state index is 13.0. The number of aliphatic hydroxyl groups is 1. The largest absolute Gasteiger partial charge is 0.480 e. The molecule has 0 radical (unpaired) electrons. The average molecular weight is 455 g/mol. The second-order valence-electron chi connectivity index (χ2n) is 8.21. The van der Waals surface area contributed by atoms with Crippen LogP contribution in [0.5, 0.6) is 0 Å². The standard InChI is InChI=1S/C25H30N2O6/c1-3-16(2)23(24(31)27(12-13-28)14-22(29)30)26-25(32)33-15-21-19-10-6-4-8-17(19)18-9-5-7-11-20(18)21/h4-11,16,21,23,28H,3,12-15H2,1-2H3,(H,26,32)(H,29,30)/t16-,23-/m0/s1. The molecular weight excluding hydrogens is 424 g/mol. The minimum absolute atomic E-state index is 0.108. The van der Waals surface area contributed by atoms with Crippen LogP contribution in [-0.4, -0.2) is 65.4 Å². The first kappa shape index (κ1) is 24.3. The summed E-state index contributed by atoms with van der Waals surface area (Å²) in [6.07, 6.45) is -0.158. The van der Waals surface area contributed by atoms with Gasteiger partial charge in [0.1, 0.15) is 19.2 Å². The smallest absolute Gasteiger partial charge is 0.407 e. The van der Waals surface area contributed by atoms with Crippen molar-refractivity contribution >= 4 is 18.0 Å². The van der Waals surface area contributed by atoms with Gasteiger partial charge in [-0.05, 0) is 28.2 Å². The van der Waals surface area contributed by atoms with Gasteiger partial charge < -0.3 is 25.2 Å². The fourth-order valence-electron chi connectivity index (χ4n) is 4.20. The predicted molar refractivity (Wildman–Crippen MR) is 123 cm³/mol. The van der Waals surface area contributed by atoms with Gasteiger partial charge in [-0.3, -0.25) is 9.59 Å². The van der Waals surface area contributed by atoms with Gasteiger partial charge in [-0.1, -0.05) is 68.8 Å². The van der Waals surface area contributed by atoms with Crippen molar-refractivity contribution in [3.8, 4) is 11.1 Å². The molecule has 0 saturated carbocycles. The molecule has 0 unspecified atom stereocenters. The maximum Gasteiger partial charge on any atom is 0.407 e. The Bertz CT molecular complexity index is 962. The van der Waals surface area contributed by atoms with E-state index in [0.717, 1.165) is 27.2 Å². The molecule has 1 aliphatic carbocycles. The molecule has 2 atom stereocenters. The van der Waals surface area contributed by atoms with Crippen LogP contribution in [0.25, 0.3) is 11.1 Å². The van der Waals surface area contributed by atoms with Gasteiger partial charge in [-0.25, -0.2) is 4.79 Å². The zero-order valence-electron chi connectivity index (χ0n) is 18.9. The van der Waals surface area contributed by atoms with Crippen molar-refractivity contribution in [1.82, 2.24) is 10.2 Å². The van der Waals surface area contributed by atoms with E-state index in [1.807, 2.05) is 55.5 Å². The molecule has 0 aliphatic heterocycles. The first-order valence-electron chi connectivity index (χ1n) is 11.1. The fraction of sp³-hybridized carbons (Fsp3) is 0.400. The number of carbonyl (C=O) groups excluding carboxylic acids is 2. The summed E-state index contributed by atoms with van der Waals surface area (Å²) in [5, 5.41) is 20.9. The van der Waals surface area contributed by atoms with Crippen molar-refractivity contribution in [3.05, 3.63) is 59.7 Å². The van der Waals surface area contributed by atoms with Gasteiger partial charge in [0.25, 0.3) is 0 Å². The molecule has 33 heavy (non-hydrogen) atoms. The molecule has 2 amide bonds. The van der Waals surface area contributed by atoms with Crippen LogP contribution >= 0.6 is 0 Å². The van der Waals surface area contributed by atoms with Crippen molar-refractivity contribution in [2.24, 2.45) is 5.92 Å². The average Bonchev–Trinajstić information content (AvgIpc) is 3.13. The van der Waals surface area contributed by atoms with Crippen molar-refractivity contribution in [2.75, 3.05) is 26.3 Å². The molecule has 8 nitrogen and oxygen atoms in total. The number of carboxylic acids is 1. The highest BCUT2D eigenvalue weighted by molar-refractivity contribution is 5.88. The van der Waals surface area contributed by atoms with Crippen LogP contribution in [-0.2, 0) is 14.3 Å². The second kappa shape index (κ2) is 11.0. The number of carbonyl (C=O) groups is 3. The number of benzene rings is 2. The Morgan fingerprint density at radius 2 is 1.64 bits per heavy atom. The van der Waals surface area contributed by atoms with E-state index in [-0.39, 0.29) is 31.6 Å².